The zero-order valence-corrected chi connectivity index (χ0v) is 13.8. The van der Waals surface area contributed by atoms with E-state index in [0.29, 0.717) is 16.6 Å². The molecule has 1 saturated heterocycles. The molecule has 1 aliphatic heterocycles. The summed E-state index contributed by atoms with van der Waals surface area (Å²) in [5, 5.41) is 3.48. The number of amides is 1. The summed E-state index contributed by atoms with van der Waals surface area (Å²) in [4.78, 5) is 18.7. The van der Waals surface area contributed by atoms with E-state index in [2.05, 4.69) is 46.4 Å². The molecule has 0 spiro atoms. The number of hydrogen-bond acceptors (Lipinski definition) is 3. The van der Waals surface area contributed by atoms with E-state index in [1.807, 2.05) is 6.07 Å². The van der Waals surface area contributed by atoms with Gasteiger partial charge in [0.25, 0.3) is 5.91 Å². The number of benzene rings is 1. The monoisotopic (exact) mass is 329 g/mol. The summed E-state index contributed by atoms with van der Waals surface area (Å²) < 4.78 is 0. The minimum absolute atomic E-state index is 0.129. The Hall–Kier alpha value is -1.91. The van der Waals surface area contributed by atoms with Crippen LogP contribution in [0, 0.1) is 0 Å². The van der Waals surface area contributed by atoms with E-state index in [9.17, 15) is 4.79 Å². The number of halogens is 1. The highest BCUT2D eigenvalue weighted by molar-refractivity contribution is 6.33. The van der Waals surface area contributed by atoms with E-state index in [1.54, 1.807) is 12.3 Å². The van der Waals surface area contributed by atoms with E-state index < -0.39 is 0 Å². The van der Waals surface area contributed by atoms with Crippen LogP contribution in [0.15, 0.2) is 48.8 Å². The molecule has 23 heavy (non-hydrogen) atoms. The lowest BCUT2D eigenvalue weighted by atomic mass is 10.1. The van der Waals surface area contributed by atoms with Crippen LogP contribution in [0.4, 0.5) is 0 Å². The lowest BCUT2D eigenvalue weighted by Crippen LogP contribution is -2.37. The number of pyridine rings is 1. The first-order chi connectivity index (χ1) is 11.1. The van der Waals surface area contributed by atoms with Gasteiger partial charge in [0, 0.05) is 37.6 Å². The molecule has 120 valence electrons. The molecule has 0 aliphatic carbocycles. The maximum Gasteiger partial charge on any atom is 0.253 e. The quantitative estimate of drug-likeness (QED) is 0.937. The Labute approximate surface area is 141 Å². The first-order valence-corrected chi connectivity index (χ1v) is 8.19. The number of aromatic nitrogens is 1. The summed E-state index contributed by atoms with van der Waals surface area (Å²) in [6.45, 7) is 3.96. The molecule has 1 N–H and O–H groups in total. The summed E-state index contributed by atoms with van der Waals surface area (Å²) in [5.74, 6) is -0.129. The van der Waals surface area contributed by atoms with E-state index in [0.717, 1.165) is 19.5 Å². The Kier molecular flexibility index (Phi) is 4.94. The SMILES string of the molecule is C[C@@H]1C[C@@H](NC(=O)c2ccncc2Cl)CN1Cc1ccccc1. The molecule has 0 bridgehead atoms. The van der Waals surface area contributed by atoms with Crippen molar-refractivity contribution in [1.29, 1.82) is 0 Å². The number of nitrogens with one attached hydrogen (secondary N) is 1. The van der Waals surface area contributed by atoms with Crippen molar-refractivity contribution in [2.24, 2.45) is 0 Å². The minimum atomic E-state index is -0.129. The Morgan fingerprint density at radius 1 is 1.35 bits per heavy atom. The lowest BCUT2D eigenvalue weighted by Gasteiger charge is -2.20. The van der Waals surface area contributed by atoms with Crippen LogP contribution in [-0.4, -0.2) is 34.4 Å². The van der Waals surface area contributed by atoms with Crippen molar-refractivity contribution in [3.05, 3.63) is 64.9 Å². The topological polar surface area (TPSA) is 45.2 Å². The molecular weight excluding hydrogens is 310 g/mol. The van der Waals surface area contributed by atoms with Crippen LogP contribution in [0.5, 0.6) is 0 Å². The number of carbonyl (C=O) groups is 1. The van der Waals surface area contributed by atoms with Gasteiger partial charge in [-0.25, -0.2) is 0 Å². The third kappa shape index (κ3) is 3.89. The van der Waals surface area contributed by atoms with Crippen LogP contribution in [-0.2, 0) is 6.54 Å². The van der Waals surface area contributed by atoms with Crippen molar-refractivity contribution in [3.63, 3.8) is 0 Å². The Bertz CT molecular complexity index is 677. The van der Waals surface area contributed by atoms with Gasteiger partial charge < -0.3 is 5.32 Å². The van der Waals surface area contributed by atoms with Gasteiger partial charge in [-0.05, 0) is 25.0 Å². The molecule has 2 atom stereocenters. The molecule has 3 rings (SSSR count). The summed E-state index contributed by atoms with van der Waals surface area (Å²) >= 11 is 6.04. The molecule has 0 unspecified atom stereocenters. The average molecular weight is 330 g/mol. The molecule has 4 nitrogen and oxygen atoms in total. The van der Waals surface area contributed by atoms with Crippen molar-refractivity contribution >= 4 is 17.5 Å². The largest absolute Gasteiger partial charge is 0.348 e. The highest BCUT2D eigenvalue weighted by atomic mass is 35.5. The van der Waals surface area contributed by atoms with Crippen LogP contribution in [0.25, 0.3) is 0 Å². The molecule has 1 aromatic carbocycles. The van der Waals surface area contributed by atoms with Gasteiger partial charge in [-0.1, -0.05) is 41.9 Å². The van der Waals surface area contributed by atoms with Gasteiger partial charge in [-0.3, -0.25) is 14.7 Å². The molecular formula is C18H20ClN3O. The highest BCUT2D eigenvalue weighted by Crippen LogP contribution is 2.21. The van der Waals surface area contributed by atoms with E-state index in [-0.39, 0.29) is 11.9 Å². The van der Waals surface area contributed by atoms with E-state index in [1.165, 1.54) is 11.8 Å². The number of likely N-dealkylation sites (tertiary alicyclic amines) is 1. The van der Waals surface area contributed by atoms with Crippen molar-refractivity contribution < 1.29 is 4.79 Å². The second-order valence-corrected chi connectivity index (χ2v) is 6.43. The third-order valence-corrected chi connectivity index (χ3v) is 4.59. The standard InChI is InChI=1S/C18H20ClN3O/c1-13-9-15(12-22(13)11-14-5-3-2-4-6-14)21-18(23)16-7-8-20-10-17(16)19/h2-8,10,13,15H,9,11-12H2,1H3,(H,21,23)/t13-,15-/m1/s1. The fourth-order valence-corrected chi connectivity index (χ4v) is 3.27. The normalized spacial score (nSPS) is 21.3. The molecule has 1 fully saturated rings. The highest BCUT2D eigenvalue weighted by Gasteiger charge is 2.30. The first-order valence-electron chi connectivity index (χ1n) is 7.82. The minimum Gasteiger partial charge on any atom is -0.348 e. The van der Waals surface area contributed by atoms with Crippen molar-refractivity contribution in [2.75, 3.05) is 6.54 Å². The Morgan fingerprint density at radius 3 is 2.87 bits per heavy atom. The third-order valence-electron chi connectivity index (χ3n) is 4.28. The summed E-state index contributed by atoms with van der Waals surface area (Å²) in [7, 11) is 0. The van der Waals surface area contributed by atoms with Crippen molar-refractivity contribution in [3.8, 4) is 0 Å². The second kappa shape index (κ2) is 7.11. The smallest absolute Gasteiger partial charge is 0.253 e. The van der Waals surface area contributed by atoms with Crippen LogP contribution < -0.4 is 5.32 Å². The van der Waals surface area contributed by atoms with Gasteiger partial charge >= 0.3 is 0 Å². The summed E-state index contributed by atoms with van der Waals surface area (Å²) in [6.07, 6.45) is 4.02. The Morgan fingerprint density at radius 2 is 2.13 bits per heavy atom. The molecule has 1 aliphatic rings. The van der Waals surface area contributed by atoms with Gasteiger partial charge in [0.1, 0.15) is 0 Å². The van der Waals surface area contributed by atoms with Gasteiger partial charge in [0.2, 0.25) is 0 Å². The van der Waals surface area contributed by atoms with Gasteiger partial charge in [0.05, 0.1) is 10.6 Å². The number of rotatable bonds is 4. The molecule has 5 heteroatoms. The maximum absolute atomic E-state index is 12.4. The van der Waals surface area contributed by atoms with Gasteiger partial charge in [-0.15, -0.1) is 0 Å². The first kappa shape index (κ1) is 16.0. The number of hydrogen-bond donors (Lipinski definition) is 1. The fraction of sp³-hybridized carbons (Fsp3) is 0.333. The molecule has 1 aromatic heterocycles. The predicted octanol–water partition coefficient (Wildman–Crippen LogP) is 3.13. The van der Waals surface area contributed by atoms with E-state index >= 15 is 0 Å². The van der Waals surface area contributed by atoms with Crippen LogP contribution in [0.3, 0.4) is 0 Å². The summed E-state index contributed by atoms with van der Waals surface area (Å²) in [5.41, 5.74) is 1.78. The van der Waals surface area contributed by atoms with Crippen LogP contribution in [0.1, 0.15) is 29.3 Å². The van der Waals surface area contributed by atoms with E-state index in [4.69, 9.17) is 11.6 Å². The molecule has 0 radical (unpaired) electrons. The predicted molar refractivity (Wildman–Crippen MR) is 91.4 cm³/mol. The van der Waals surface area contributed by atoms with Crippen LogP contribution in [0.2, 0.25) is 5.02 Å². The fourth-order valence-electron chi connectivity index (χ4n) is 3.06. The summed E-state index contributed by atoms with van der Waals surface area (Å²) in [6, 6.07) is 12.6. The molecule has 2 heterocycles. The number of carbonyl (C=O) groups excluding carboxylic acids is 1. The lowest BCUT2D eigenvalue weighted by molar-refractivity contribution is 0.0937. The Balaban J connectivity index is 1.60. The van der Waals surface area contributed by atoms with Crippen LogP contribution >= 0.6 is 11.6 Å². The molecule has 2 aromatic rings. The second-order valence-electron chi connectivity index (χ2n) is 6.03. The van der Waals surface area contributed by atoms with Gasteiger partial charge in [0.15, 0.2) is 0 Å². The van der Waals surface area contributed by atoms with Crippen molar-refractivity contribution in [1.82, 2.24) is 15.2 Å². The zero-order valence-electron chi connectivity index (χ0n) is 13.1. The van der Waals surface area contributed by atoms with Crippen molar-refractivity contribution in [2.45, 2.75) is 32.0 Å². The van der Waals surface area contributed by atoms with Gasteiger partial charge in [-0.2, -0.15) is 0 Å². The number of nitrogens with zero attached hydrogens (tertiary/aromatic N) is 2. The molecule has 1 amide bonds. The molecule has 0 saturated carbocycles. The average Bonchev–Trinajstić information content (AvgIpc) is 2.88. The maximum atomic E-state index is 12.4. The zero-order chi connectivity index (χ0) is 16.2.